The number of hydrogen-bond donors (Lipinski definition) is 1. The number of nitrogens with zero attached hydrogens (tertiary/aromatic N) is 7. The maximum atomic E-state index is 9.21. The zero-order valence-corrected chi connectivity index (χ0v) is 10.9. The number of aliphatic hydroxyl groups excluding tert-OH is 1. The molecule has 20 heavy (non-hydrogen) atoms. The van der Waals surface area contributed by atoms with Crippen LogP contribution in [-0.2, 0) is 13.2 Å². The number of aromatic nitrogens is 7. The smallest absolute Gasteiger partial charge is 0.196 e. The Morgan fingerprint density at radius 1 is 1.15 bits per heavy atom. The van der Waals surface area contributed by atoms with Crippen molar-refractivity contribution in [1.29, 1.82) is 0 Å². The molecule has 0 spiro atoms. The standard InChI is InChI=1S/C12H13N7O/c1-9-13-12(8-20)18(15-9)7-11-14-17-19(16-11)10-5-3-2-4-6-10/h2-6,20H,7-8H2,1H3. The van der Waals surface area contributed by atoms with E-state index >= 15 is 0 Å². The zero-order valence-electron chi connectivity index (χ0n) is 10.9. The van der Waals surface area contributed by atoms with E-state index in [4.69, 9.17) is 0 Å². The van der Waals surface area contributed by atoms with E-state index in [1.54, 1.807) is 11.6 Å². The molecule has 0 fully saturated rings. The fourth-order valence-electron chi connectivity index (χ4n) is 1.85. The van der Waals surface area contributed by atoms with Crippen molar-refractivity contribution in [3.63, 3.8) is 0 Å². The number of benzene rings is 1. The maximum Gasteiger partial charge on any atom is 0.196 e. The molecule has 8 nitrogen and oxygen atoms in total. The van der Waals surface area contributed by atoms with Crippen LogP contribution in [-0.4, -0.2) is 40.1 Å². The van der Waals surface area contributed by atoms with Crippen LogP contribution in [0.3, 0.4) is 0 Å². The van der Waals surface area contributed by atoms with Crippen LogP contribution in [0, 0.1) is 6.92 Å². The Bertz CT molecular complexity index is 704. The van der Waals surface area contributed by atoms with E-state index in [0.29, 0.717) is 24.0 Å². The molecule has 2 heterocycles. The molecule has 1 N–H and O–H groups in total. The van der Waals surface area contributed by atoms with Crippen molar-refractivity contribution in [1.82, 2.24) is 35.0 Å². The van der Waals surface area contributed by atoms with Gasteiger partial charge in [0.1, 0.15) is 19.0 Å². The molecule has 3 rings (SSSR count). The minimum atomic E-state index is -0.173. The predicted molar refractivity (Wildman–Crippen MR) is 68.9 cm³/mol. The maximum absolute atomic E-state index is 9.21. The first kappa shape index (κ1) is 12.4. The van der Waals surface area contributed by atoms with Crippen molar-refractivity contribution < 1.29 is 5.11 Å². The lowest BCUT2D eigenvalue weighted by molar-refractivity contribution is 0.263. The van der Waals surface area contributed by atoms with Gasteiger partial charge in [-0.25, -0.2) is 9.67 Å². The van der Waals surface area contributed by atoms with Crippen molar-refractivity contribution in [3.05, 3.63) is 47.8 Å². The third-order valence-corrected chi connectivity index (χ3v) is 2.73. The second-order valence-electron chi connectivity index (χ2n) is 4.22. The third kappa shape index (κ3) is 2.41. The van der Waals surface area contributed by atoms with Crippen molar-refractivity contribution in [2.24, 2.45) is 0 Å². The summed E-state index contributed by atoms with van der Waals surface area (Å²) in [5.74, 6) is 1.59. The lowest BCUT2D eigenvalue weighted by Gasteiger charge is -1.99. The summed E-state index contributed by atoms with van der Waals surface area (Å²) in [6.07, 6.45) is 0. The Morgan fingerprint density at radius 2 is 1.95 bits per heavy atom. The van der Waals surface area contributed by atoms with Gasteiger partial charge in [0.25, 0.3) is 0 Å². The molecule has 0 saturated heterocycles. The van der Waals surface area contributed by atoms with E-state index in [2.05, 4.69) is 25.5 Å². The van der Waals surface area contributed by atoms with Crippen LogP contribution < -0.4 is 0 Å². The van der Waals surface area contributed by atoms with Gasteiger partial charge in [0.15, 0.2) is 11.6 Å². The number of hydrogen-bond acceptors (Lipinski definition) is 6. The van der Waals surface area contributed by atoms with Gasteiger partial charge in [0.2, 0.25) is 0 Å². The molecule has 102 valence electrons. The predicted octanol–water partition coefficient (Wildman–Crippen LogP) is 0.103. The number of para-hydroxylation sites is 1. The van der Waals surface area contributed by atoms with E-state index in [-0.39, 0.29) is 6.61 Å². The van der Waals surface area contributed by atoms with Gasteiger partial charge >= 0.3 is 0 Å². The Kier molecular flexibility index (Phi) is 3.21. The van der Waals surface area contributed by atoms with Crippen LogP contribution in [0.25, 0.3) is 5.69 Å². The van der Waals surface area contributed by atoms with Crippen molar-refractivity contribution in [3.8, 4) is 5.69 Å². The van der Waals surface area contributed by atoms with Crippen LogP contribution in [0.2, 0.25) is 0 Å². The van der Waals surface area contributed by atoms with Gasteiger partial charge in [0.05, 0.1) is 5.69 Å². The molecule has 3 aromatic rings. The van der Waals surface area contributed by atoms with Crippen LogP contribution >= 0.6 is 0 Å². The molecule has 0 saturated carbocycles. The molecule has 0 radical (unpaired) electrons. The molecule has 0 bridgehead atoms. The Balaban J connectivity index is 1.84. The topological polar surface area (TPSA) is 94.5 Å². The molecule has 0 amide bonds. The molecular weight excluding hydrogens is 258 g/mol. The van der Waals surface area contributed by atoms with Gasteiger partial charge in [-0.05, 0) is 24.3 Å². The van der Waals surface area contributed by atoms with Crippen LogP contribution in [0.15, 0.2) is 30.3 Å². The first-order valence-corrected chi connectivity index (χ1v) is 6.12. The Labute approximate surface area is 114 Å². The third-order valence-electron chi connectivity index (χ3n) is 2.73. The Morgan fingerprint density at radius 3 is 2.70 bits per heavy atom. The minimum absolute atomic E-state index is 0.173. The molecule has 0 unspecified atom stereocenters. The minimum Gasteiger partial charge on any atom is -0.388 e. The fourth-order valence-corrected chi connectivity index (χ4v) is 1.85. The van der Waals surface area contributed by atoms with Crippen LogP contribution in [0.1, 0.15) is 17.5 Å². The second kappa shape index (κ2) is 5.17. The van der Waals surface area contributed by atoms with E-state index < -0.39 is 0 Å². The van der Waals surface area contributed by atoms with Crippen molar-refractivity contribution >= 4 is 0 Å². The van der Waals surface area contributed by atoms with Crippen LogP contribution in [0.4, 0.5) is 0 Å². The second-order valence-corrected chi connectivity index (χ2v) is 4.22. The highest BCUT2D eigenvalue weighted by molar-refractivity contribution is 5.27. The largest absolute Gasteiger partial charge is 0.388 e. The average molecular weight is 271 g/mol. The summed E-state index contributed by atoms with van der Waals surface area (Å²) in [7, 11) is 0. The number of rotatable bonds is 4. The highest BCUT2D eigenvalue weighted by atomic mass is 16.3. The number of tetrazole rings is 1. The summed E-state index contributed by atoms with van der Waals surface area (Å²) < 4.78 is 1.57. The average Bonchev–Trinajstić information content (AvgIpc) is 3.07. The molecule has 8 heteroatoms. The summed E-state index contributed by atoms with van der Waals surface area (Å²) in [4.78, 5) is 5.57. The lowest BCUT2D eigenvalue weighted by atomic mass is 10.3. The molecule has 0 aliphatic heterocycles. The molecule has 1 aromatic carbocycles. The quantitative estimate of drug-likeness (QED) is 0.723. The van der Waals surface area contributed by atoms with Gasteiger partial charge < -0.3 is 5.11 Å². The van der Waals surface area contributed by atoms with Crippen molar-refractivity contribution in [2.45, 2.75) is 20.1 Å². The van der Waals surface area contributed by atoms with E-state index in [1.165, 1.54) is 4.80 Å². The molecule has 0 aliphatic rings. The Hall–Kier alpha value is -2.61. The number of aliphatic hydroxyl groups is 1. The first-order chi connectivity index (χ1) is 9.76. The summed E-state index contributed by atoms with van der Waals surface area (Å²) in [5.41, 5.74) is 0.836. The van der Waals surface area contributed by atoms with Gasteiger partial charge in [-0.15, -0.1) is 15.0 Å². The highest BCUT2D eigenvalue weighted by Crippen LogP contribution is 2.04. The summed E-state index contributed by atoms with van der Waals surface area (Å²) in [6.45, 7) is 1.92. The van der Waals surface area contributed by atoms with E-state index in [0.717, 1.165) is 5.69 Å². The molecular formula is C12H13N7O. The summed E-state index contributed by atoms with van der Waals surface area (Å²) >= 11 is 0. The normalized spacial score (nSPS) is 10.9. The summed E-state index contributed by atoms with van der Waals surface area (Å²) in [5, 5.41) is 25.7. The highest BCUT2D eigenvalue weighted by Gasteiger charge is 2.10. The van der Waals surface area contributed by atoms with Gasteiger partial charge in [0, 0.05) is 0 Å². The van der Waals surface area contributed by atoms with E-state index in [9.17, 15) is 5.11 Å². The van der Waals surface area contributed by atoms with Crippen LogP contribution in [0.5, 0.6) is 0 Å². The van der Waals surface area contributed by atoms with Gasteiger partial charge in [-0.1, -0.05) is 18.2 Å². The molecule has 0 atom stereocenters. The zero-order chi connectivity index (χ0) is 13.9. The first-order valence-electron chi connectivity index (χ1n) is 6.12. The van der Waals surface area contributed by atoms with Gasteiger partial charge in [-0.3, -0.25) is 0 Å². The molecule has 0 aliphatic carbocycles. The van der Waals surface area contributed by atoms with Gasteiger partial charge in [-0.2, -0.15) is 5.10 Å². The summed E-state index contributed by atoms with van der Waals surface area (Å²) in [6, 6.07) is 9.52. The fraction of sp³-hybridized carbons (Fsp3) is 0.250. The number of aryl methyl sites for hydroxylation is 1. The van der Waals surface area contributed by atoms with E-state index in [1.807, 2.05) is 30.3 Å². The molecule has 2 aromatic heterocycles. The SMILES string of the molecule is Cc1nc(CO)n(Cc2nnn(-c3ccccc3)n2)n1. The monoisotopic (exact) mass is 271 g/mol. The van der Waals surface area contributed by atoms with Crippen molar-refractivity contribution in [2.75, 3.05) is 0 Å². The lowest BCUT2D eigenvalue weighted by Crippen LogP contribution is -2.08.